The second kappa shape index (κ2) is 8.36. The molecular formula is C14H15N5O2S3. The molecule has 0 atom stereocenters. The van der Waals surface area contributed by atoms with Gasteiger partial charge in [0.05, 0.1) is 18.6 Å². The van der Waals surface area contributed by atoms with Crippen LogP contribution in [0.5, 0.6) is 0 Å². The van der Waals surface area contributed by atoms with Crippen molar-refractivity contribution in [3.63, 3.8) is 0 Å². The first kappa shape index (κ1) is 17.1. The molecule has 0 spiro atoms. The maximum Gasteiger partial charge on any atom is 0.236 e. The lowest BCUT2D eigenvalue weighted by molar-refractivity contribution is -0.113. The molecule has 24 heavy (non-hydrogen) atoms. The second-order valence-corrected chi connectivity index (χ2v) is 7.99. The summed E-state index contributed by atoms with van der Waals surface area (Å²) in [5.41, 5.74) is 0. The third-order valence-electron chi connectivity index (χ3n) is 2.84. The third-order valence-corrected chi connectivity index (χ3v) is 5.70. The summed E-state index contributed by atoms with van der Waals surface area (Å²) in [6, 6.07) is 3.75. The average molecular weight is 382 g/mol. The first-order valence-electron chi connectivity index (χ1n) is 7.17. The molecule has 3 aromatic heterocycles. The van der Waals surface area contributed by atoms with E-state index in [2.05, 4.69) is 20.5 Å². The SMILES string of the molecule is CCSc1nnc(NC(=O)CSc2nccn2Cc2ccco2)s1. The summed E-state index contributed by atoms with van der Waals surface area (Å²) in [6.07, 6.45) is 5.21. The molecule has 0 fully saturated rings. The molecule has 1 N–H and O–H groups in total. The number of furan rings is 1. The molecule has 3 aromatic rings. The molecular weight excluding hydrogens is 366 g/mol. The summed E-state index contributed by atoms with van der Waals surface area (Å²) in [5.74, 6) is 1.90. The van der Waals surface area contributed by atoms with Gasteiger partial charge in [-0.25, -0.2) is 4.98 Å². The van der Waals surface area contributed by atoms with Gasteiger partial charge in [0.25, 0.3) is 0 Å². The van der Waals surface area contributed by atoms with Gasteiger partial charge in [-0.15, -0.1) is 10.2 Å². The van der Waals surface area contributed by atoms with Crippen LogP contribution >= 0.6 is 34.9 Å². The molecule has 0 aliphatic heterocycles. The van der Waals surface area contributed by atoms with Crippen molar-refractivity contribution in [1.82, 2.24) is 19.7 Å². The number of imidazole rings is 1. The number of thioether (sulfide) groups is 2. The standard InChI is InChI=1S/C14H15N5O2S3/c1-2-22-14-18-17-12(24-14)16-11(20)9-23-13-15-5-6-19(13)8-10-4-3-7-21-10/h3-7H,2,8-9H2,1H3,(H,16,17,20). The van der Waals surface area contributed by atoms with Crippen LogP contribution in [0.15, 0.2) is 44.7 Å². The van der Waals surface area contributed by atoms with E-state index in [1.807, 2.05) is 29.8 Å². The highest BCUT2D eigenvalue weighted by Gasteiger charge is 2.11. The molecule has 0 saturated carbocycles. The molecule has 0 aromatic carbocycles. The molecule has 0 radical (unpaired) electrons. The highest BCUT2D eigenvalue weighted by molar-refractivity contribution is 8.01. The van der Waals surface area contributed by atoms with E-state index in [4.69, 9.17) is 4.42 Å². The van der Waals surface area contributed by atoms with Gasteiger partial charge in [0.2, 0.25) is 11.0 Å². The minimum Gasteiger partial charge on any atom is -0.467 e. The van der Waals surface area contributed by atoms with E-state index in [1.54, 1.807) is 24.2 Å². The predicted molar refractivity (Wildman–Crippen MR) is 95.7 cm³/mol. The van der Waals surface area contributed by atoms with Gasteiger partial charge in [0.1, 0.15) is 5.76 Å². The number of anilines is 1. The van der Waals surface area contributed by atoms with E-state index >= 15 is 0 Å². The fourth-order valence-corrected chi connectivity index (χ4v) is 4.28. The maximum atomic E-state index is 12.0. The van der Waals surface area contributed by atoms with Crippen LogP contribution in [-0.4, -0.2) is 37.2 Å². The Balaban J connectivity index is 1.52. The van der Waals surface area contributed by atoms with Crippen molar-refractivity contribution in [2.45, 2.75) is 23.0 Å². The number of carbonyl (C=O) groups is 1. The molecule has 0 unspecified atom stereocenters. The van der Waals surface area contributed by atoms with Crippen molar-refractivity contribution in [1.29, 1.82) is 0 Å². The Labute approximate surface area is 151 Å². The van der Waals surface area contributed by atoms with Gasteiger partial charge < -0.3 is 8.98 Å². The van der Waals surface area contributed by atoms with E-state index in [0.717, 1.165) is 21.0 Å². The van der Waals surface area contributed by atoms with Crippen LogP contribution in [0.25, 0.3) is 0 Å². The zero-order valence-electron chi connectivity index (χ0n) is 12.8. The topological polar surface area (TPSA) is 85.8 Å². The Morgan fingerprint density at radius 1 is 1.42 bits per heavy atom. The summed E-state index contributed by atoms with van der Waals surface area (Å²) in [4.78, 5) is 16.3. The molecule has 1 amide bonds. The zero-order valence-corrected chi connectivity index (χ0v) is 15.3. The Kier molecular flexibility index (Phi) is 5.94. The lowest BCUT2D eigenvalue weighted by Gasteiger charge is -2.05. The van der Waals surface area contributed by atoms with Crippen LogP contribution in [0.4, 0.5) is 5.13 Å². The highest BCUT2D eigenvalue weighted by atomic mass is 32.2. The van der Waals surface area contributed by atoms with Crippen molar-refractivity contribution >= 4 is 45.9 Å². The first-order valence-corrected chi connectivity index (χ1v) is 9.96. The molecule has 3 rings (SSSR count). The van der Waals surface area contributed by atoms with Gasteiger partial charge in [-0.05, 0) is 17.9 Å². The van der Waals surface area contributed by atoms with Crippen molar-refractivity contribution < 1.29 is 9.21 Å². The van der Waals surface area contributed by atoms with Crippen molar-refractivity contribution in [2.24, 2.45) is 0 Å². The van der Waals surface area contributed by atoms with Gasteiger partial charge in [-0.1, -0.05) is 41.8 Å². The molecule has 10 heteroatoms. The molecule has 0 aliphatic rings. The number of rotatable bonds is 8. The van der Waals surface area contributed by atoms with Gasteiger partial charge >= 0.3 is 0 Å². The average Bonchev–Trinajstić information content (AvgIpc) is 3.29. The second-order valence-electron chi connectivity index (χ2n) is 4.56. The van der Waals surface area contributed by atoms with Gasteiger partial charge in [-0.3, -0.25) is 10.1 Å². The molecule has 0 bridgehead atoms. The summed E-state index contributed by atoms with van der Waals surface area (Å²) in [7, 11) is 0. The molecule has 3 heterocycles. The summed E-state index contributed by atoms with van der Waals surface area (Å²) in [5, 5.41) is 12.0. The summed E-state index contributed by atoms with van der Waals surface area (Å²) in [6.45, 7) is 2.64. The summed E-state index contributed by atoms with van der Waals surface area (Å²) >= 11 is 4.36. The molecule has 126 valence electrons. The minimum absolute atomic E-state index is 0.128. The predicted octanol–water partition coefficient (Wildman–Crippen LogP) is 3.22. The van der Waals surface area contributed by atoms with Gasteiger partial charge in [0, 0.05) is 12.4 Å². The highest BCUT2D eigenvalue weighted by Crippen LogP contribution is 2.25. The fraction of sp³-hybridized carbons (Fsp3) is 0.286. The van der Waals surface area contributed by atoms with E-state index in [-0.39, 0.29) is 11.7 Å². The quantitative estimate of drug-likeness (QED) is 0.473. The Hall–Kier alpha value is -1.78. The number of hydrogen-bond donors (Lipinski definition) is 1. The minimum atomic E-state index is -0.128. The smallest absolute Gasteiger partial charge is 0.236 e. The van der Waals surface area contributed by atoms with E-state index in [0.29, 0.717) is 11.7 Å². The number of amides is 1. The van der Waals surface area contributed by atoms with Crippen LogP contribution in [0.1, 0.15) is 12.7 Å². The van der Waals surface area contributed by atoms with E-state index in [9.17, 15) is 4.79 Å². The van der Waals surface area contributed by atoms with Gasteiger partial charge in [0.15, 0.2) is 9.50 Å². The Morgan fingerprint density at radius 3 is 3.12 bits per heavy atom. The number of carbonyl (C=O) groups excluding carboxylic acids is 1. The number of hydrogen-bond acceptors (Lipinski definition) is 8. The van der Waals surface area contributed by atoms with Gasteiger partial charge in [-0.2, -0.15) is 0 Å². The summed E-state index contributed by atoms with van der Waals surface area (Å²) < 4.78 is 8.13. The van der Waals surface area contributed by atoms with Crippen molar-refractivity contribution in [2.75, 3.05) is 16.8 Å². The molecule has 0 saturated heterocycles. The monoisotopic (exact) mass is 381 g/mol. The van der Waals surface area contributed by atoms with Crippen molar-refractivity contribution in [3.8, 4) is 0 Å². The van der Waals surface area contributed by atoms with Crippen LogP contribution in [0.2, 0.25) is 0 Å². The first-order chi connectivity index (χ1) is 11.7. The van der Waals surface area contributed by atoms with Crippen molar-refractivity contribution in [3.05, 3.63) is 36.5 Å². The van der Waals surface area contributed by atoms with E-state index in [1.165, 1.54) is 23.1 Å². The van der Waals surface area contributed by atoms with Crippen LogP contribution in [0.3, 0.4) is 0 Å². The lowest BCUT2D eigenvalue weighted by atomic mass is 10.4. The zero-order chi connectivity index (χ0) is 16.8. The van der Waals surface area contributed by atoms with Crippen LogP contribution in [-0.2, 0) is 11.3 Å². The lowest BCUT2D eigenvalue weighted by Crippen LogP contribution is -2.14. The fourth-order valence-electron chi connectivity index (χ4n) is 1.85. The third kappa shape index (κ3) is 4.62. The van der Waals surface area contributed by atoms with Crippen LogP contribution in [0, 0.1) is 0 Å². The molecule has 0 aliphatic carbocycles. The normalized spacial score (nSPS) is 10.9. The molecule has 7 nitrogen and oxygen atoms in total. The van der Waals surface area contributed by atoms with E-state index < -0.39 is 0 Å². The Morgan fingerprint density at radius 2 is 2.33 bits per heavy atom. The maximum absolute atomic E-state index is 12.0. The largest absolute Gasteiger partial charge is 0.467 e. The van der Waals surface area contributed by atoms with Crippen LogP contribution < -0.4 is 5.32 Å². The number of nitrogens with one attached hydrogen (secondary N) is 1. The number of nitrogens with zero attached hydrogens (tertiary/aromatic N) is 4. The Bertz CT molecular complexity index is 784. The number of aromatic nitrogens is 4.